The lowest BCUT2D eigenvalue weighted by Crippen LogP contribution is -1.90. The second kappa shape index (κ2) is 5.85. The van der Waals surface area contributed by atoms with Crippen LogP contribution in [-0.2, 0) is 5.75 Å². The van der Waals surface area contributed by atoms with E-state index in [9.17, 15) is 0 Å². The fourth-order valence-electron chi connectivity index (χ4n) is 1.29. The van der Waals surface area contributed by atoms with Gasteiger partial charge in [-0.3, -0.25) is 0 Å². The molecule has 0 radical (unpaired) electrons. The number of halogens is 2. The Labute approximate surface area is 118 Å². The van der Waals surface area contributed by atoms with Crippen LogP contribution in [0.2, 0.25) is 5.02 Å². The van der Waals surface area contributed by atoms with Gasteiger partial charge >= 0.3 is 0 Å². The molecule has 0 atom stereocenters. The average Bonchev–Trinajstić information content (AvgIpc) is 2.30. The van der Waals surface area contributed by atoms with Crippen molar-refractivity contribution in [1.82, 2.24) is 9.97 Å². The van der Waals surface area contributed by atoms with Crippen LogP contribution in [0.4, 0.5) is 0 Å². The van der Waals surface area contributed by atoms with E-state index in [1.165, 1.54) is 0 Å². The summed E-state index contributed by atoms with van der Waals surface area (Å²) in [4.78, 5) is 8.54. The Morgan fingerprint density at radius 3 is 2.94 bits per heavy atom. The summed E-state index contributed by atoms with van der Waals surface area (Å²) in [5, 5.41) is 1.55. The molecule has 2 rings (SSSR count). The highest BCUT2D eigenvalue weighted by atomic mass is 79.9. The van der Waals surface area contributed by atoms with Crippen LogP contribution >= 0.6 is 39.3 Å². The maximum atomic E-state index is 6.12. The van der Waals surface area contributed by atoms with Gasteiger partial charge in [0.25, 0.3) is 0 Å². The third-order valence-corrected chi connectivity index (χ3v) is 3.91. The zero-order valence-electron chi connectivity index (χ0n) is 9.15. The molecular formula is C12H10BrClN2S. The van der Waals surface area contributed by atoms with Crippen LogP contribution in [0, 0.1) is 6.92 Å². The van der Waals surface area contributed by atoms with Crippen molar-refractivity contribution < 1.29 is 0 Å². The van der Waals surface area contributed by atoms with Crippen LogP contribution in [-0.4, -0.2) is 9.97 Å². The Morgan fingerprint density at radius 2 is 2.18 bits per heavy atom. The van der Waals surface area contributed by atoms with Crippen LogP contribution in [0.5, 0.6) is 0 Å². The van der Waals surface area contributed by atoms with E-state index in [2.05, 4.69) is 25.9 Å². The maximum absolute atomic E-state index is 6.12. The number of aromatic nitrogens is 2. The number of nitrogens with zero attached hydrogens (tertiary/aromatic N) is 2. The zero-order chi connectivity index (χ0) is 12.3. The topological polar surface area (TPSA) is 25.8 Å². The molecule has 0 saturated carbocycles. The van der Waals surface area contributed by atoms with Crippen molar-refractivity contribution in [1.29, 1.82) is 0 Å². The number of thioether (sulfide) groups is 1. The predicted octanol–water partition coefficient (Wildman–Crippen LogP) is 4.49. The summed E-state index contributed by atoms with van der Waals surface area (Å²) in [6.45, 7) is 1.96. The SMILES string of the molecule is Cc1ccnc(SCc2cc(Br)ccc2Cl)n1. The van der Waals surface area contributed by atoms with Crippen molar-refractivity contribution in [3.8, 4) is 0 Å². The van der Waals surface area contributed by atoms with Gasteiger partial charge in [0.2, 0.25) is 0 Å². The highest BCUT2D eigenvalue weighted by molar-refractivity contribution is 9.10. The minimum atomic E-state index is 0.766. The Balaban J connectivity index is 2.09. The second-order valence-electron chi connectivity index (χ2n) is 3.51. The van der Waals surface area contributed by atoms with E-state index in [1.54, 1.807) is 18.0 Å². The summed E-state index contributed by atoms with van der Waals surface area (Å²) in [7, 11) is 0. The summed E-state index contributed by atoms with van der Waals surface area (Å²) < 4.78 is 1.03. The van der Waals surface area contributed by atoms with E-state index in [1.807, 2.05) is 31.2 Å². The minimum absolute atomic E-state index is 0.766. The number of aryl methyl sites for hydroxylation is 1. The molecule has 0 unspecified atom stereocenters. The molecule has 5 heteroatoms. The average molecular weight is 330 g/mol. The number of hydrogen-bond acceptors (Lipinski definition) is 3. The van der Waals surface area contributed by atoms with E-state index in [-0.39, 0.29) is 0 Å². The lowest BCUT2D eigenvalue weighted by molar-refractivity contribution is 0.932. The van der Waals surface area contributed by atoms with Gasteiger partial charge in [-0.2, -0.15) is 0 Å². The van der Waals surface area contributed by atoms with E-state index in [4.69, 9.17) is 11.6 Å². The minimum Gasteiger partial charge on any atom is -0.231 e. The fourth-order valence-corrected chi connectivity index (χ4v) is 2.83. The third kappa shape index (κ3) is 3.69. The van der Waals surface area contributed by atoms with Crippen molar-refractivity contribution in [2.45, 2.75) is 17.8 Å². The van der Waals surface area contributed by atoms with Gasteiger partial charge in [-0.25, -0.2) is 9.97 Å². The normalized spacial score (nSPS) is 10.5. The van der Waals surface area contributed by atoms with Gasteiger partial charge < -0.3 is 0 Å². The van der Waals surface area contributed by atoms with Crippen LogP contribution < -0.4 is 0 Å². The molecule has 17 heavy (non-hydrogen) atoms. The lowest BCUT2D eigenvalue weighted by Gasteiger charge is -2.04. The van der Waals surface area contributed by atoms with E-state index >= 15 is 0 Å². The molecule has 0 amide bonds. The number of hydrogen-bond donors (Lipinski definition) is 0. The van der Waals surface area contributed by atoms with Crippen molar-refractivity contribution in [3.63, 3.8) is 0 Å². The molecule has 0 saturated heterocycles. The fraction of sp³-hybridized carbons (Fsp3) is 0.167. The molecule has 0 aliphatic heterocycles. The number of benzene rings is 1. The summed E-state index contributed by atoms with van der Waals surface area (Å²) in [5.41, 5.74) is 2.05. The molecule has 88 valence electrons. The molecule has 2 aromatic rings. The maximum Gasteiger partial charge on any atom is 0.188 e. The zero-order valence-corrected chi connectivity index (χ0v) is 12.3. The highest BCUT2D eigenvalue weighted by Crippen LogP contribution is 2.27. The molecule has 1 heterocycles. The lowest BCUT2D eigenvalue weighted by atomic mass is 10.2. The summed E-state index contributed by atoms with van der Waals surface area (Å²) in [5.74, 6) is 0.766. The first-order chi connectivity index (χ1) is 8.15. The van der Waals surface area contributed by atoms with Gasteiger partial charge in [0, 0.05) is 27.1 Å². The first kappa shape index (κ1) is 12.9. The smallest absolute Gasteiger partial charge is 0.188 e. The largest absolute Gasteiger partial charge is 0.231 e. The Hall–Kier alpha value is -0.580. The first-order valence-electron chi connectivity index (χ1n) is 5.01. The molecule has 0 aliphatic carbocycles. The van der Waals surface area contributed by atoms with Gasteiger partial charge in [-0.1, -0.05) is 39.3 Å². The van der Waals surface area contributed by atoms with Gasteiger partial charge in [0.1, 0.15) is 0 Å². The molecule has 0 spiro atoms. The molecule has 0 N–H and O–H groups in total. The predicted molar refractivity (Wildman–Crippen MR) is 75.5 cm³/mol. The first-order valence-corrected chi connectivity index (χ1v) is 7.17. The molecule has 1 aromatic heterocycles. The Morgan fingerprint density at radius 1 is 1.35 bits per heavy atom. The number of rotatable bonds is 3. The Kier molecular flexibility index (Phi) is 4.42. The van der Waals surface area contributed by atoms with Gasteiger partial charge in [0.05, 0.1) is 0 Å². The van der Waals surface area contributed by atoms with Crippen molar-refractivity contribution in [2.24, 2.45) is 0 Å². The second-order valence-corrected chi connectivity index (χ2v) is 5.77. The summed E-state index contributed by atoms with van der Waals surface area (Å²) in [6.07, 6.45) is 1.77. The summed E-state index contributed by atoms with van der Waals surface area (Å²) >= 11 is 11.1. The Bertz CT molecular complexity index is 534. The van der Waals surface area contributed by atoms with E-state index in [0.29, 0.717) is 0 Å². The standard InChI is InChI=1S/C12H10BrClN2S/c1-8-4-5-15-12(16-8)17-7-9-6-10(13)2-3-11(9)14/h2-6H,7H2,1H3. The van der Waals surface area contributed by atoms with Crippen molar-refractivity contribution >= 4 is 39.3 Å². The molecule has 0 bridgehead atoms. The quantitative estimate of drug-likeness (QED) is 0.613. The monoisotopic (exact) mass is 328 g/mol. The van der Waals surface area contributed by atoms with E-state index < -0.39 is 0 Å². The molecular weight excluding hydrogens is 320 g/mol. The van der Waals surface area contributed by atoms with Gasteiger partial charge in [-0.15, -0.1) is 0 Å². The molecule has 0 aliphatic rings. The van der Waals surface area contributed by atoms with Crippen molar-refractivity contribution in [3.05, 3.63) is 51.2 Å². The van der Waals surface area contributed by atoms with Gasteiger partial charge in [-0.05, 0) is 36.8 Å². The van der Waals surface area contributed by atoms with Crippen LogP contribution in [0.25, 0.3) is 0 Å². The van der Waals surface area contributed by atoms with Gasteiger partial charge in [0.15, 0.2) is 5.16 Å². The molecule has 1 aromatic carbocycles. The molecule has 2 nitrogen and oxygen atoms in total. The highest BCUT2D eigenvalue weighted by Gasteiger charge is 2.04. The summed E-state index contributed by atoms with van der Waals surface area (Å²) in [6, 6.07) is 7.72. The third-order valence-electron chi connectivity index (χ3n) is 2.14. The van der Waals surface area contributed by atoms with E-state index in [0.717, 1.165) is 31.7 Å². The van der Waals surface area contributed by atoms with Crippen LogP contribution in [0.15, 0.2) is 40.1 Å². The van der Waals surface area contributed by atoms with Crippen molar-refractivity contribution in [2.75, 3.05) is 0 Å². The molecule has 0 fully saturated rings. The van der Waals surface area contributed by atoms with Crippen LogP contribution in [0.1, 0.15) is 11.3 Å². The van der Waals surface area contributed by atoms with Crippen LogP contribution in [0.3, 0.4) is 0 Å².